The largest absolute Gasteiger partial charge is 0.393 e. The van der Waals surface area contributed by atoms with Gasteiger partial charge in [-0.25, -0.2) is 0 Å². The molecule has 0 N–H and O–H groups in total. The van der Waals surface area contributed by atoms with Gasteiger partial charge in [-0.2, -0.15) is 0 Å². The molecule has 0 aliphatic carbocycles. The van der Waals surface area contributed by atoms with Crippen LogP contribution in [0.5, 0.6) is 0 Å². The maximum atomic E-state index is 11.6. The SMILES string of the molecule is Cc1c(CC2CC(=O)OC2=O)c2ccccc2n1C. The number of cyclic esters (lactones) is 2. The van der Waals surface area contributed by atoms with E-state index in [2.05, 4.69) is 21.4 Å². The van der Waals surface area contributed by atoms with Crippen LogP contribution < -0.4 is 0 Å². The summed E-state index contributed by atoms with van der Waals surface area (Å²) < 4.78 is 6.74. The number of para-hydroxylation sites is 1. The van der Waals surface area contributed by atoms with Gasteiger partial charge < -0.3 is 9.30 Å². The van der Waals surface area contributed by atoms with Gasteiger partial charge in [0, 0.05) is 23.6 Å². The zero-order valence-corrected chi connectivity index (χ0v) is 11.0. The van der Waals surface area contributed by atoms with E-state index in [1.807, 2.05) is 26.1 Å². The lowest BCUT2D eigenvalue weighted by atomic mass is 9.96. The first kappa shape index (κ1) is 12.0. The number of esters is 2. The zero-order chi connectivity index (χ0) is 13.6. The van der Waals surface area contributed by atoms with Gasteiger partial charge in [0.2, 0.25) is 0 Å². The Hall–Kier alpha value is -2.10. The average molecular weight is 257 g/mol. The lowest BCUT2D eigenvalue weighted by Gasteiger charge is -2.05. The Balaban J connectivity index is 2.04. The summed E-state index contributed by atoms with van der Waals surface area (Å²) >= 11 is 0. The Morgan fingerprint density at radius 3 is 2.74 bits per heavy atom. The van der Waals surface area contributed by atoms with E-state index in [1.54, 1.807) is 0 Å². The molecule has 98 valence electrons. The van der Waals surface area contributed by atoms with Crippen LogP contribution in [-0.2, 0) is 27.8 Å². The number of benzene rings is 1. The fraction of sp³-hybridized carbons (Fsp3) is 0.333. The summed E-state index contributed by atoms with van der Waals surface area (Å²) in [6.07, 6.45) is 0.763. The quantitative estimate of drug-likeness (QED) is 0.611. The molecule has 1 aliphatic heterocycles. The Morgan fingerprint density at radius 1 is 1.32 bits per heavy atom. The fourth-order valence-corrected chi connectivity index (χ4v) is 2.78. The second kappa shape index (κ2) is 4.23. The third kappa shape index (κ3) is 1.84. The number of rotatable bonds is 2. The van der Waals surface area contributed by atoms with Crippen molar-refractivity contribution in [2.24, 2.45) is 13.0 Å². The number of nitrogens with zero attached hydrogens (tertiary/aromatic N) is 1. The van der Waals surface area contributed by atoms with E-state index in [1.165, 1.54) is 0 Å². The number of aryl methyl sites for hydroxylation is 1. The minimum absolute atomic E-state index is 0.196. The third-order valence-corrected chi connectivity index (χ3v) is 3.94. The van der Waals surface area contributed by atoms with Crippen molar-refractivity contribution in [1.82, 2.24) is 4.57 Å². The Kier molecular flexibility index (Phi) is 2.66. The molecule has 4 nitrogen and oxygen atoms in total. The molecule has 1 aromatic carbocycles. The molecule has 2 heterocycles. The highest BCUT2D eigenvalue weighted by molar-refractivity contribution is 5.95. The number of carbonyl (C=O) groups excluding carboxylic acids is 2. The molecule has 1 aromatic heterocycles. The van der Waals surface area contributed by atoms with Gasteiger partial charge in [-0.15, -0.1) is 0 Å². The number of ether oxygens (including phenoxy) is 1. The van der Waals surface area contributed by atoms with Crippen LogP contribution in [0, 0.1) is 12.8 Å². The molecule has 1 unspecified atom stereocenters. The van der Waals surface area contributed by atoms with Gasteiger partial charge >= 0.3 is 11.9 Å². The molecule has 0 radical (unpaired) electrons. The minimum Gasteiger partial charge on any atom is -0.393 e. The number of fused-ring (bicyclic) bond motifs is 1. The molecule has 1 saturated heterocycles. The lowest BCUT2D eigenvalue weighted by molar-refractivity contribution is -0.153. The molecule has 19 heavy (non-hydrogen) atoms. The molecule has 1 aliphatic rings. The van der Waals surface area contributed by atoms with Gasteiger partial charge in [0.1, 0.15) is 0 Å². The van der Waals surface area contributed by atoms with Crippen molar-refractivity contribution in [2.45, 2.75) is 19.8 Å². The van der Waals surface area contributed by atoms with Crippen molar-refractivity contribution in [1.29, 1.82) is 0 Å². The maximum absolute atomic E-state index is 11.6. The van der Waals surface area contributed by atoms with Crippen molar-refractivity contribution in [2.75, 3.05) is 0 Å². The van der Waals surface area contributed by atoms with Crippen LogP contribution in [0.2, 0.25) is 0 Å². The predicted molar refractivity (Wildman–Crippen MR) is 70.6 cm³/mol. The van der Waals surface area contributed by atoms with Crippen molar-refractivity contribution in [3.05, 3.63) is 35.5 Å². The van der Waals surface area contributed by atoms with Gasteiger partial charge in [-0.1, -0.05) is 18.2 Å². The van der Waals surface area contributed by atoms with Crippen LogP contribution >= 0.6 is 0 Å². The molecule has 0 spiro atoms. The second-order valence-corrected chi connectivity index (χ2v) is 5.04. The highest BCUT2D eigenvalue weighted by Gasteiger charge is 2.34. The van der Waals surface area contributed by atoms with E-state index in [0.717, 1.165) is 22.2 Å². The molecule has 4 heteroatoms. The topological polar surface area (TPSA) is 48.3 Å². The van der Waals surface area contributed by atoms with E-state index < -0.39 is 11.9 Å². The van der Waals surface area contributed by atoms with E-state index in [9.17, 15) is 9.59 Å². The third-order valence-electron chi connectivity index (χ3n) is 3.94. The summed E-state index contributed by atoms with van der Waals surface area (Å²) in [5, 5.41) is 1.15. The van der Waals surface area contributed by atoms with Gasteiger partial charge in [-0.05, 0) is 25.0 Å². The first-order chi connectivity index (χ1) is 9.08. The van der Waals surface area contributed by atoms with Crippen LogP contribution in [0.4, 0.5) is 0 Å². The lowest BCUT2D eigenvalue weighted by Crippen LogP contribution is -2.11. The van der Waals surface area contributed by atoms with E-state index in [0.29, 0.717) is 6.42 Å². The Bertz CT molecular complexity index is 684. The predicted octanol–water partition coefficient (Wildman–Crippen LogP) is 2.12. The molecule has 1 fully saturated rings. The second-order valence-electron chi connectivity index (χ2n) is 5.04. The summed E-state index contributed by atoms with van der Waals surface area (Å²) in [6.45, 7) is 2.04. The fourth-order valence-electron chi connectivity index (χ4n) is 2.78. The van der Waals surface area contributed by atoms with Crippen LogP contribution in [0.1, 0.15) is 17.7 Å². The van der Waals surface area contributed by atoms with Crippen molar-refractivity contribution < 1.29 is 14.3 Å². The highest BCUT2D eigenvalue weighted by Crippen LogP contribution is 2.29. The van der Waals surface area contributed by atoms with Crippen molar-refractivity contribution >= 4 is 22.8 Å². The van der Waals surface area contributed by atoms with Crippen molar-refractivity contribution in [3.63, 3.8) is 0 Å². The van der Waals surface area contributed by atoms with Crippen LogP contribution in [-0.4, -0.2) is 16.5 Å². The molecular formula is C15H15NO3. The smallest absolute Gasteiger partial charge is 0.317 e. The van der Waals surface area contributed by atoms with Crippen molar-refractivity contribution in [3.8, 4) is 0 Å². The normalized spacial score (nSPS) is 19.2. The zero-order valence-electron chi connectivity index (χ0n) is 11.0. The summed E-state index contributed by atoms with van der Waals surface area (Å²) in [5.74, 6) is -1.14. The monoisotopic (exact) mass is 257 g/mol. The molecular weight excluding hydrogens is 242 g/mol. The number of aromatic nitrogens is 1. The summed E-state index contributed by atoms with van der Waals surface area (Å²) in [6, 6.07) is 8.10. The number of hydrogen-bond acceptors (Lipinski definition) is 3. The Morgan fingerprint density at radius 2 is 2.05 bits per heavy atom. The van der Waals surface area contributed by atoms with Gasteiger partial charge in [-0.3, -0.25) is 9.59 Å². The van der Waals surface area contributed by atoms with Gasteiger partial charge in [0.15, 0.2) is 0 Å². The molecule has 1 atom stereocenters. The number of carbonyl (C=O) groups is 2. The first-order valence-electron chi connectivity index (χ1n) is 6.35. The van der Waals surface area contributed by atoms with E-state index >= 15 is 0 Å². The maximum Gasteiger partial charge on any atom is 0.317 e. The average Bonchev–Trinajstić information content (AvgIpc) is 2.83. The molecule has 0 saturated carbocycles. The molecule has 2 aromatic rings. The molecule has 0 amide bonds. The van der Waals surface area contributed by atoms with Gasteiger partial charge in [0.05, 0.1) is 12.3 Å². The van der Waals surface area contributed by atoms with Gasteiger partial charge in [0.25, 0.3) is 0 Å². The minimum atomic E-state index is -0.409. The van der Waals surface area contributed by atoms with E-state index in [4.69, 9.17) is 0 Å². The molecule has 0 bridgehead atoms. The Labute approximate surface area is 111 Å². The number of hydrogen-bond donors (Lipinski definition) is 0. The highest BCUT2D eigenvalue weighted by atomic mass is 16.6. The summed E-state index contributed by atoms with van der Waals surface area (Å²) in [7, 11) is 2.01. The summed E-state index contributed by atoms with van der Waals surface area (Å²) in [5.41, 5.74) is 3.41. The molecule has 3 rings (SSSR count). The van der Waals surface area contributed by atoms with Crippen LogP contribution in [0.15, 0.2) is 24.3 Å². The van der Waals surface area contributed by atoms with E-state index in [-0.39, 0.29) is 12.3 Å². The first-order valence-corrected chi connectivity index (χ1v) is 6.35. The summed E-state index contributed by atoms with van der Waals surface area (Å²) in [4.78, 5) is 22.8. The van der Waals surface area contributed by atoms with Crippen LogP contribution in [0.25, 0.3) is 10.9 Å². The van der Waals surface area contributed by atoms with Crippen LogP contribution in [0.3, 0.4) is 0 Å². The standard InChI is InChI=1S/C15H15NO3/c1-9-12(7-10-8-14(17)19-15(10)18)11-5-3-4-6-13(11)16(9)2/h3-6,10H,7-8H2,1-2H3.